The van der Waals surface area contributed by atoms with Gasteiger partial charge in [0, 0.05) is 12.3 Å². The van der Waals surface area contributed by atoms with Gasteiger partial charge in [-0.15, -0.1) is 0 Å². The molecule has 2 rings (SSSR count). The zero-order chi connectivity index (χ0) is 13.6. The number of nitriles is 1. The Balaban J connectivity index is 2.40. The van der Waals surface area contributed by atoms with Crippen molar-refractivity contribution in [2.75, 3.05) is 0 Å². The van der Waals surface area contributed by atoms with Gasteiger partial charge >= 0.3 is 0 Å². The summed E-state index contributed by atoms with van der Waals surface area (Å²) in [5.74, 6) is 0.661. The van der Waals surface area contributed by atoms with Gasteiger partial charge in [0.1, 0.15) is 0 Å². The standard InChI is InChI=1S/C16H25NO/c1-11-12(6-9-17)16(4)8-5-7-15(2,3)14(16)10-13(11)18/h12-14,18H,1,5-8,10H2,2-4H3/t12-,13+,14-,16+/m0/s1. The maximum Gasteiger partial charge on any atom is 0.0753 e. The van der Waals surface area contributed by atoms with Crippen molar-refractivity contribution in [2.24, 2.45) is 22.7 Å². The van der Waals surface area contributed by atoms with Gasteiger partial charge in [0.25, 0.3) is 0 Å². The second-order valence-electron chi connectivity index (χ2n) is 7.14. The minimum absolute atomic E-state index is 0.147. The molecule has 0 bridgehead atoms. The Bertz CT molecular complexity index is 392. The van der Waals surface area contributed by atoms with Crippen LogP contribution in [0.15, 0.2) is 12.2 Å². The molecule has 0 amide bonds. The highest BCUT2D eigenvalue weighted by Gasteiger charge is 2.54. The fraction of sp³-hybridized carbons (Fsp3) is 0.812. The molecule has 100 valence electrons. The van der Waals surface area contributed by atoms with Crippen LogP contribution < -0.4 is 0 Å². The molecule has 2 nitrogen and oxygen atoms in total. The molecular weight excluding hydrogens is 222 g/mol. The van der Waals surface area contributed by atoms with Crippen LogP contribution in [0.5, 0.6) is 0 Å². The minimum Gasteiger partial charge on any atom is -0.389 e. The number of aliphatic hydroxyl groups excluding tert-OH is 1. The Morgan fingerprint density at radius 1 is 1.39 bits per heavy atom. The summed E-state index contributed by atoms with van der Waals surface area (Å²) in [4.78, 5) is 0. The van der Waals surface area contributed by atoms with Gasteiger partial charge < -0.3 is 5.11 Å². The first-order valence-electron chi connectivity index (χ1n) is 7.06. The number of aliphatic hydroxyl groups is 1. The Kier molecular flexibility index (Phi) is 3.32. The van der Waals surface area contributed by atoms with E-state index in [2.05, 4.69) is 33.4 Å². The quantitative estimate of drug-likeness (QED) is 0.718. The van der Waals surface area contributed by atoms with Crippen molar-refractivity contribution in [1.82, 2.24) is 0 Å². The van der Waals surface area contributed by atoms with Crippen molar-refractivity contribution in [2.45, 2.75) is 59.0 Å². The highest BCUT2D eigenvalue weighted by Crippen LogP contribution is 2.61. The van der Waals surface area contributed by atoms with E-state index in [1.807, 2.05) is 0 Å². The molecule has 2 aliphatic carbocycles. The molecule has 4 atom stereocenters. The third-order valence-electron chi connectivity index (χ3n) is 5.70. The van der Waals surface area contributed by atoms with Crippen LogP contribution >= 0.6 is 0 Å². The Labute approximate surface area is 111 Å². The van der Waals surface area contributed by atoms with E-state index in [0.717, 1.165) is 12.0 Å². The maximum absolute atomic E-state index is 10.3. The van der Waals surface area contributed by atoms with Gasteiger partial charge in [-0.25, -0.2) is 0 Å². The molecule has 0 aliphatic heterocycles. The molecule has 2 fully saturated rings. The van der Waals surface area contributed by atoms with E-state index in [0.29, 0.717) is 12.3 Å². The topological polar surface area (TPSA) is 44.0 Å². The van der Waals surface area contributed by atoms with E-state index in [4.69, 9.17) is 5.26 Å². The lowest BCUT2D eigenvalue weighted by Gasteiger charge is -2.58. The van der Waals surface area contributed by atoms with Gasteiger partial charge in [-0.05, 0) is 41.6 Å². The molecule has 0 radical (unpaired) electrons. The fourth-order valence-corrected chi connectivity index (χ4v) is 4.66. The minimum atomic E-state index is -0.418. The lowest BCUT2D eigenvalue weighted by molar-refractivity contribution is -0.0805. The van der Waals surface area contributed by atoms with Crippen LogP contribution in [0.2, 0.25) is 0 Å². The normalized spacial score (nSPS) is 43.1. The first-order chi connectivity index (χ1) is 8.33. The zero-order valence-corrected chi connectivity index (χ0v) is 11.9. The van der Waals surface area contributed by atoms with E-state index in [-0.39, 0.29) is 16.7 Å². The zero-order valence-electron chi connectivity index (χ0n) is 11.9. The van der Waals surface area contributed by atoms with Gasteiger partial charge in [-0.3, -0.25) is 0 Å². The van der Waals surface area contributed by atoms with Crippen LogP contribution in [0.3, 0.4) is 0 Å². The van der Waals surface area contributed by atoms with Crippen molar-refractivity contribution in [3.63, 3.8) is 0 Å². The van der Waals surface area contributed by atoms with E-state index in [1.54, 1.807) is 0 Å². The van der Waals surface area contributed by atoms with E-state index in [1.165, 1.54) is 19.3 Å². The molecule has 0 spiro atoms. The largest absolute Gasteiger partial charge is 0.389 e. The van der Waals surface area contributed by atoms with Crippen molar-refractivity contribution >= 4 is 0 Å². The number of hydrogen-bond donors (Lipinski definition) is 1. The monoisotopic (exact) mass is 247 g/mol. The highest BCUT2D eigenvalue weighted by molar-refractivity contribution is 5.21. The lowest BCUT2D eigenvalue weighted by Crippen LogP contribution is -2.52. The first-order valence-corrected chi connectivity index (χ1v) is 7.06. The lowest BCUT2D eigenvalue weighted by atomic mass is 9.47. The SMILES string of the molecule is C=C1[C@H](O)C[C@H]2C(C)(C)CCC[C@]2(C)[C@H]1CC#N. The van der Waals surface area contributed by atoms with Crippen LogP contribution in [0.1, 0.15) is 52.9 Å². The molecule has 2 heteroatoms. The molecule has 0 aromatic carbocycles. The van der Waals surface area contributed by atoms with Crippen molar-refractivity contribution < 1.29 is 5.11 Å². The van der Waals surface area contributed by atoms with E-state index >= 15 is 0 Å². The molecule has 1 N–H and O–H groups in total. The second kappa shape index (κ2) is 4.38. The maximum atomic E-state index is 10.3. The summed E-state index contributed by atoms with van der Waals surface area (Å²) in [5.41, 5.74) is 1.31. The number of rotatable bonds is 1. The molecule has 2 aliphatic rings. The molecule has 0 heterocycles. The Morgan fingerprint density at radius 3 is 2.67 bits per heavy atom. The molecule has 18 heavy (non-hydrogen) atoms. The van der Waals surface area contributed by atoms with Crippen molar-refractivity contribution in [3.8, 4) is 6.07 Å². The Morgan fingerprint density at radius 2 is 2.06 bits per heavy atom. The summed E-state index contributed by atoms with van der Waals surface area (Å²) in [5, 5.41) is 19.3. The average molecular weight is 247 g/mol. The Hall–Kier alpha value is -0.810. The number of hydrogen-bond acceptors (Lipinski definition) is 2. The van der Waals surface area contributed by atoms with Gasteiger partial charge in [0.2, 0.25) is 0 Å². The van der Waals surface area contributed by atoms with Crippen LogP contribution in [0.25, 0.3) is 0 Å². The van der Waals surface area contributed by atoms with E-state index < -0.39 is 6.10 Å². The molecular formula is C16H25NO. The van der Waals surface area contributed by atoms with Crippen LogP contribution in [0, 0.1) is 34.0 Å². The van der Waals surface area contributed by atoms with Crippen LogP contribution in [-0.4, -0.2) is 11.2 Å². The summed E-state index contributed by atoms with van der Waals surface area (Å²) < 4.78 is 0. The molecule has 0 saturated heterocycles. The third-order valence-corrected chi connectivity index (χ3v) is 5.70. The predicted octanol–water partition coefficient (Wildman–Crippen LogP) is 3.67. The van der Waals surface area contributed by atoms with Gasteiger partial charge in [-0.2, -0.15) is 5.26 Å². The van der Waals surface area contributed by atoms with Crippen molar-refractivity contribution in [1.29, 1.82) is 5.26 Å². The predicted molar refractivity (Wildman–Crippen MR) is 72.7 cm³/mol. The van der Waals surface area contributed by atoms with Crippen molar-refractivity contribution in [3.05, 3.63) is 12.2 Å². The second-order valence-corrected chi connectivity index (χ2v) is 7.14. The summed E-state index contributed by atoms with van der Waals surface area (Å²) in [6, 6.07) is 2.30. The summed E-state index contributed by atoms with van der Waals surface area (Å²) in [6.45, 7) is 11.0. The smallest absolute Gasteiger partial charge is 0.0753 e. The van der Waals surface area contributed by atoms with Gasteiger partial charge in [0.15, 0.2) is 0 Å². The van der Waals surface area contributed by atoms with E-state index in [9.17, 15) is 5.11 Å². The molecule has 0 aromatic heterocycles. The number of nitrogens with zero attached hydrogens (tertiary/aromatic N) is 1. The molecule has 0 unspecified atom stereocenters. The van der Waals surface area contributed by atoms with Gasteiger partial charge in [0.05, 0.1) is 12.2 Å². The highest BCUT2D eigenvalue weighted by atomic mass is 16.3. The molecule has 0 aromatic rings. The first kappa shape index (κ1) is 13.6. The molecule has 2 saturated carbocycles. The van der Waals surface area contributed by atoms with Crippen LogP contribution in [0.4, 0.5) is 0 Å². The third kappa shape index (κ3) is 1.89. The summed E-state index contributed by atoms with van der Waals surface area (Å²) >= 11 is 0. The van der Waals surface area contributed by atoms with Gasteiger partial charge in [-0.1, -0.05) is 33.8 Å². The van der Waals surface area contributed by atoms with Crippen LogP contribution in [-0.2, 0) is 0 Å². The fourth-order valence-electron chi connectivity index (χ4n) is 4.66. The average Bonchev–Trinajstić information content (AvgIpc) is 2.28. The summed E-state index contributed by atoms with van der Waals surface area (Å²) in [6.07, 6.45) is 4.53. The summed E-state index contributed by atoms with van der Waals surface area (Å²) in [7, 11) is 0. The number of fused-ring (bicyclic) bond motifs is 1.